The minimum absolute atomic E-state index is 0.0679. The van der Waals surface area contributed by atoms with Gasteiger partial charge in [0.25, 0.3) is 0 Å². The summed E-state index contributed by atoms with van der Waals surface area (Å²) in [4.78, 5) is 26.3. The minimum Gasteiger partial charge on any atom is -0.493 e. The molecule has 0 amide bonds. The molecule has 0 spiro atoms. The van der Waals surface area contributed by atoms with Gasteiger partial charge in [-0.3, -0.25) is 9.59 Å². The van der Waals surface area contributed by atoms with Crippen molar-refractivity contribution in [3.05, 3.63) is 124 Å². The molecule has 0 N–H and O–H groups in total. The molecule has 0 unspecified atom stereocenters. The summed E-state index contributed by atoms with van der Waals surface area (Å²) in [7, 11) is 1.59. The zero-order chi connectivity index (χ0) is 26.8. The molecule has 6 nitrogen and oxygen atoms in total. The third-order valence-electron chi connectivity index (χ3n) is 7.05. The first-order valence-corrected chi connectivity index (χ1v) is 12.8. The molecule has 6 heteroatoms. The lowest BCUT2D eigenvalue weighted by Crippen LogP contribution is -2.22. The third kappa shape index (κ3) is 4.66. The molecule has 0 saturated carbocycles. The van der Waals surface area contributed by atoms with Crippen molar-refractivity contribution in [1.82, 2.24) is 0 Å². The summed E-state index contributed by atoms with van der Waals surface area (Å²) in [6.07, 6.45) is 2.26. The maximum Gasteiger partial charge on any atom is 0.312 e. The maximum atomic E-state index is 13.6. The van der Waals surface area contributed by atoms with E-state index in [0.717, 1.165) is 16.7 Å². The maximum absolute atomic E-state index is 13.6. The standard InChI is InChI=1S/C33H26O6/c1-36-28-14-8-13-23(32(28)37-18-17-21-9-4-2-5-10-21)25-19-29(34)39-27-16-15-24-31(35)26(20-38-33(24)30(25)27)22-11-6-3-7-12-22/h2-16,20,25H,17-19H2,1H3/t25-/m1/s1. The first-order chi connectivity index (χ1) is 19.1. The van der Waals surface area contributed by atoms with Crippen LogP contribution >= 0.6 is 0 Å². The number of esters is 1. The van der Waals surface area contributed by atoms with E-state index in [1.165, 1.54) is 6.26 Å². The number of carbonyl (C=O) groups is 1. The largest absolute Gasteiger partial charge is 0.493 e. The molecule has 0 aliphatic carbocycles. The Kier molecular flexibility index (Phi) is 6.59. The van der Waals surface area contributed by atoms with Crippen molar-refractivity contribution in [1.29, 1.82) is 0 Å². The molecule has 5 aromatic rings. The van der Waals surface area contributed by atoms with Crippen LogP contribution in [0.25, 0.3) is 22.1 Å². The highest BCUT2D eigenvalue weighted by molar-refractivity contribution is 5.90. The molecule has 6 rings (SSSR count). The third-order valence-corrected chi connectivity index (χ3v) is 7.05. The van der Waals surface area contributed by atoms with Crippen molar-refractivity contribution in [2.75, 3.05) is 13.7 Å². The lowest BCUT2D eigenvalue weighted by Gasteiger charge is -2.27. The van der Waals surface area contributed by atoms with Crippen LogP contribution in [-0.2, 0) is 11.2 Å². The van der Waals surface area contributed by atoms with Crippen LogP contribution in [0.3, 0.4) is 0 Å². The van der Waals surface area contributed by atoms with E-state index in [2.05, 4.69) is 12.1 Å². The zero-order valence-corrected chi connectivity index (χ0v) is 21.4. The van der Waals surface area contributed by atoms with Gasteiger partial charge in [0.2, 0.25) is 5.43 Å². The Morgan fingerprint density at radius 2 is 1.64 bits per heavy atom. The predicted molar refractivity (Wildman–Crippen MR) is 149 cm³/mol. The average Bonchev–Trinajstić information content (AvgIpc) is 2.97. The smallest absolute Gasteiger partial charge is 0.312 e. The van der Waals surface area contributed by atoms with Crippen molar-refractivity contribution in [2.45, 2.75) is 18.8 Å². The van der Waals surface area contributed by atoms with Crippen LogP contribution in [0, 0.1) is 0 Å². The second-order valence-corrected chi connectivity index (χ2v) is 9.39. The number of fused-ring (bicyclic) bond motifs is 3. The van der Waals surface area contributed by atoms with E-state index in [9.17, 15) is 9.59 Å². The molecule has 194 valence electrons. The van der Waals surface area contributed by atoms with Crippen molar-refractivity contribution < 1.29 is 23.4 Å². The lowest BCUT2D eigenvalue weighted by molar-refractivity contribution is -0.135. The topological polar surface area (TPSA) is 75.0 Å². The number of rotatable bonds is 7. The van der Waals surface area contributed by atoms with Crippen LogP contribution in [0.5, 0.6) is 17.2 Å². The Bertz CT molecular complexity index is 1710. The van der Waals surface area contributed by atoms with Gasteiger partial charge in [-0.15, -0.1) is 0 Å². The first kappa shape index (κ1) is 24.5. The van der Waals surface area contributed by atoms with Gasteiger partial charge in [-0.1, -0.05) is 72.8 Å². The molecule has 0 saturated heterocycles. The molecule has 4 aromatic carbocycles. The van der Waals surface area contributed by atoms with Crippen LogP contribution in [0.15, 0.2) is 106 Å². The summed E-state index contributed by atoms with van der Waals surface area (Å²) in [5, 5.41) is 0.424. The van der Waals surface area contributed by atoms with Crippen LogP contribution in [0.2, 0.25) is 0 Å². The normalized spacial score (nSPS) is 14.5. The molecule has 1 aliphatic rings. The number of benzene rings is 4. The predicted octanol–water partition coefficient (Wildman–Crippen LogP) is 6.53. The fourth-order valence-corrected chi connectivity index (χ4v) is 5.18. The summed E-state index contributed by atoms with van der Waals surface area (Å²) in [5.74, 6) is 0.666. The van der Waals surface area contributed by atoms with Crippen LogP contribution in [0.1, 0.15) is 29.0 Å². The molecule has 0 fully saturated rings. The first-order valence-electron chi connectivity index (χ1n) is 12.8. The van der Waals surface area contributed by atoms with Gasteiger partial charge < -0.3 is 18.6 Å². The van der Waals surface area contributed by atoms with Crippen molar-refractivity contribution in [3.8, 4) is 28.4 Å². The number of ether oxygens (including phenoxy) is 3. The van der Waals surface area contributed by atoms with Gasteiger partial charge in [0, 0.05) is 23.5 Å². The molecule has 1 aliphatic heterocycles. The Hall–Kier alpha value is -4.84. The molecule has 2 heterocycles. The minimum atomic E-state index is -0.461. The quantitative estimate of drug-likeness (QED) is 0.180. The SMILES string of the molecule is COc1cccc([C@H]2CC(=O)Oc3ccc4c(=O)c(-c5ccccc5)coc4c32)c1OCCc1ccccc1. The van der Waals surface area contributed by atoms with E-state index in [1.807, 2.05) is 66.7 Å². The number of hydrogen-bond acceptors (Lipinski definition) is 6. The Balaban J connectivity index is 1.45. The summed E-state index contributed by atoms with van der Waals surface area (Å²) in [5.41, 5.74) is 4.06. The van der Waals surface area contributed by atoms with Crippen molar-refractivity contribution in [2.24, 2.45) is 0 Å². The zero-order valence-electron chi connectivity index (χ0n) is 21.4. The molecule has 0 radical (unpaired) electrons. The summed E-state index contributed by atoms with van der Waals surface area (Å²) >= 11 is 0. The van der Waals surface area contributed by atoms with Gasteiger partial charge in [0.05, 0.1) is 31.1 Å². The molecule has 0 bridgehead atoms. The Morgan fingerprint density at radius 3 is 2.41 bits per heavy atom. The second kappa shape index (κ2) is 10.5. The molecular weight excluding hydrogens is 492 g/mol. The van der Waals surface area contributed by atoms with Gasteiger partial charge in [0.1, 0.15) is 17.6 Å². The van der Waals surface area contributed by atoms with Gasteiger partial charge in [-0.2, -0.15) is 0 Å². The van der Waals surface area contributed by atoms with E-state index in [-0.39, 0.29) is 17.8 Å². The molecule has 39 heavy (non-hydrogen) atoms. The van der Waals surface area contributed by atoms with E-state index < -0.39 is 5.92 Å². The summed E-state index contributed by atoms with van der Waals surface area (Å²) in [6.45, 7) is 0.423. The molecule has 1 aromatic heterocycles. The number of carbonyl (C=O) groups excluding carboxylic acids is 1. The van der Waals surface area contributed by atoms with E-state index >= 15 is 0 Å². The second-order valence-electron chi connectivity index (χ2n) is 9.39. The molecule has 1 atom stereocenters. The Labute approximate surface area is 225 Å². The van der Waals surface area contributed by atoms with Crippen LogP contribution in [0.4, 0.5) is 0 Å². The monoisotopic (exact) mass is 518 g/mol. The van der Waals surface area contributed by atoms with Crippen molar-refractivity contribution >= 4 is 16.9 Å². The number of para-hydroxylation sites is 1. The number of methoxy groups -OCH3 is 1. The number of hydrogen-bond donors (Lipinski definition) is 0. The summed E-state index contributed by atoms with van der Waals surface area (Å²) < 4.78 is 23.7. The highest BCUT2D eigenvalue weighted by Gasteiger charge is 2.34. The van der Waals surface area contributed by atoms with E-state index in [0.29, 0.717) is 52.4 Å². The van der Waals surface area contributed by atoms with E-state index in [4.69, 9.17) is 18.6 Å². The van der Waals surface area contributed by atoms with Crippen LogP contribution < -0.4 is 19.6 Å². The van der Waals surface area contributed by atoms with Crippen molar-refractivity contribution in [3.63, 3.8) is 0 Å². The van der Waals surface area contributed by atoms with Gasteiger partial charge >= 0.3 is 5.97 Å². The Morgan fingerprint density at radius 1 is 0.872 bits per heavy atom. The van der Waals surface area contributed by atoms with Gasteiger partial charge in [-0.25, -0.2) is 0 Å². The highest BCUT2D eigenvalue weighted by Crippen LogP contribution is 2.47. The average molecular weight is 519 g/mol. The molecular formula is C33H26O6. The fraction of sp³-hybridized carbons (Fsp3) is 0.152. The van der Waals surface area contributed by atoms with Gasteiger partial charge in [-0.05, 0) is 29.3 Å². The van der Waals surface area contributed by atoms with Crippen LogP contribution in [-0.4, -0.2) is 19.7 Å². The summed E-state index contributed by atoms with van der Waals surface area (Å²) in [6, 6.07) is 28.4. The highest BCUT2D eigenvalue weighted by atomic mass is 16.5. The lowest BCUT2D eigenvalue weighted by atomic mass is 9.84. The van der Waals surface area contributed by atoms with E-state index in [1.54, 1.807) is 19.2 Å². The van der Waals surface area contributed by atoms with Gasteiger partial charge in [0.15, 0.2) is 11.5 Å². The fourth-order valence-electron chi connectivity index (χ4n) is 5.18.